The van der Waals surface area contributed by atoms with Crippen molar-refractivity contribution < 1.29 is 23.9 Å². The van der Waals surface area contributed by atoms with Crippen LogP contribution in [0, 0.1) is 0 Å². The van der Waals surface area contributed by atoms with Gasteiger partial charge in [0.2, 0.25) is 0 Å². The maximum atomic E-state index is 12.5. The van der Waals surface area contributed by atoms with E-state index < -0.39 is 17.9 Å². The number of rotatable bonds is 7. The number of amides is 2. The van der Waals surface area contributed by atoms with E-state index in [1.807, 2.05) is 6.07 Å². The van der Waals surface area contributed by atoms with Crippen LogP contribution in [0.4, 0.5) is 0 Å². The molecular formula is C17H16ClIN2O5S. The molecule has 0 radical (unpaired) electrons. The lowest BCUT2D eigenvalue weighted by atomic mass is 10.1. The third-order valence-corrected chi connectivity index (χ3v) is 6.05. The number of fused-ring (bicyclic) bond motifs is 1. The number of halogens is 2. The Morgan fingerprint density at radius 3 is 2.78 bits per heavy atom. The Morgan fingerprint density at radius 2 is 2.07 bits per heavy atom. The number of para-hydroxylation sites is 1. The van der Waals surface area contributed by atoms with Crippen molar-refractivity contribution in [3.8, 4) is 5.75 Å². The van der Waals surface area contributed by atoms with Crippen LogP contribution >= 0.6 is 46.0 Å². The van der Waals surface area contributed by atoms with Gasteiger partial charge in [0.15, 0.2) is 6.61 Å². The van der Waals surface area contributed by atoms with E-state index >= 15 is 0 Å². The van der Waals surface area contributed by atoms with Crippen molar-refractivity contribution in [2.75, 3.05) is 23.4 Å². The Balaban J connectivity index is 1.58. The zero-order valence-electron chi connectivity index (χ0n) is 14.0. The van der Waals surface area contributed by atoms with E-state index in [1.165, 1.54) is 16.7 Å². The minimum Gasteiger partial charge on any atom is -0.484 e. The highest BCUT2D eigenvalue weighted by molar-refractivity contribution is 14.1. The summed E-state index contributed by atoms with van der Waals surface area (Å²) < 4.78 is 11.1. The summed E-state index contributed by atoms with van der Waals surface area (Å²) in [4.78, 5) is 38.1. The molecule has 2 aliphatic rings. The number of alkyl halides is 1. The first-order valence-electron chi connectivity index (χ1n) is 8.06. The Morgan fingerprint density at radius 1 is 1.33 bits per heavy atom. The highest BCUT2D eigenvalue weighted by Crippen LogP contribution is 2.41. The quantitative estimate of drug-likeness (QED) is 0.255. The smallest absolute Gasteiger partial charge is 0.356 e. The normalized spacial score (nSPS) is 21.3. The van der Waals surface area contributed by atoms with E-state index in [-0.39, 0.29) is 35.2 Å². The van der Waals surface area contributed by atoms with Gasteiger partial charge in [-0.3, -0.25) is 14.5 Å². The molecule has 1 unspecified atom stereocenters. The average Bonchev–Trinajstić information content (AvgIpc) is 2.69. The third-order valence-electron chi connectivity index (χ3n) is 3.86. The van der Waals surface area contributed by atoms with Crippen LogP contribution in [-0.4, -0.2) is 57.5 Å². The first-order chi connectivity index (χ1) is 13.0. The van der Waals surface area contributed by atoms with Crippen molar-refractivity contribution in [2.45, 2.75) is 11.4 Å². The molecule has 2 amide bonds. The molecule has 1 fully saturated rings. The molecule has 0 saturated carbocycles. The van der Waals surface area contributed by atoms with Crippen molar-refractivity contribution in [3.05, 3.63) is 41.1 Å². The minimum atomic E-state index is -0.723. The number of carbonyl (C=O) groups excluding carboxylic acids is 3. The lowest BCUT2D eigenvalue weighted by Crippen LogP contribution is -2.70. The molecule has 1 N–H and O–H groups in total. The molecule has 27 heavy (non-hydrogen) atoms. The molecule has 0 aliphatic carbocycles. The third kappa shape index (κ3) is 4.52. The van der Waals surface area contributed by atoms with E-state index in [1.54, 1.807) is 24.3 Å². The van der Waals surface area contributed by atoms with Gasteiger partial charge >= 0.3 is 5.97 Å². The highest BCUT2D eigenvalue weighted by Gasteiger charge is 2.54. The lowest BCUT2D eigenvalue weighted by Gasteiger charge is -2.49. The second-order valence-corrected chi connectivity index (χ2v) is 8.28. The Kier molecular flexibility index (Phi) is 6.88. The Labute approximate surface area is 178 Å². The largest absolute Gasteiger partial charge is 0.484 e. The van der Waals surface area contributed by atoms with Crippen molar-refractivity contribution >= 4 is 63.7 Å². The van der Waals surface area contributed by atoms with Gasteiger partial charge in [-0.1, -0.05) is 52.4 Å². The minimum absolute atomic E-state index is 0.0706. The summed E-state index contributed by atoms with van der Waals surface area (Å²) in [5, 5.41) is 2.55. The van der Waals surface area contributed by atoms with Gasteiger partial charge in [-0.25, -0.2) is 4.79 Å². The van der Waals surface area contributed by atoms with Crippen LogP contribution in [0.5, 0.6) is 5.75 Å². The van der Waals surface area contributed by atoms with Gasteiger partial charge < -0.3 is 14.8 Å². The molecule has 3 rings (SSSR count). The van der Waals surface area contributed by atoms with E-state index in [0.29, 0.717) is 15.9 Å². The second kappa shape index (κ2) is 9.16. The van der Waals surface area contributed by atoms with E-state index in [9.17, 15) is 14.4 Å². The number of benzene rings is 1. The molecule has 2 atom stereocenters. The van der Waals surface area contributed by atoms with E-state index in [0.717, 1.165) is 0 Å². The molecule has 0 bridgehead atoms. The van der Waals surface area contributed by atoms with Gasteiger partial charge in [0.05, 0.1) is 5.03 Å². The molecule has 7 nitrogen and oxygen atoms in total. The number of ether oxygens (including phenoxy) is 2. The van der Waals surface area contributed by atoms with Gasteiger partial charge in [-0.05, 0) is 12.1 Å². The van der Waals surface area contributed by atoms with Crippen LogP contribution in [0.3, 0.4) is 0 Å². The van der Waals surface area contributed by atoms with Gasteiger partial charge in [0, 0.05) is 10.2 Å². The fraction of sp³-hybridized carbons (Fsp3) is 0.353. The predicted molar refractivity (Wildman–Crippen MR) is 110 cm³/mol. The maximum absolute atomic E-state index is 12.5. The van der Waals surface area contributed by atoms with E-state index in [2.05, 4.69) is 27.9 Å². The number of thioether (sulfide) groups is 1. The molecule has 144 valence electrons. The maximum Gasteiger partial charge on any atom is 0.356 e. The van der Waals surface area contributed by atoms with E-state index in [4.69, 9.17) is 21.1 Å². The molecule has 1 aromatic carbocycles. The zero-order valence-corrected chi connectivity index (χ0v) is 17.8. The van der Waals surface area contributed by atoms with Gasteiger partial charge in [0.1, 0.15) is 29.5 Å². The molecule has 0 aromatic heterocycles. The van der Waals surface area contributed by atoms with Crippen LogP contribution in [0.15, 0.2) is 41.1 Å². The topological polar surface area (TPSA) is 84.9 Å². The lowest BCUT2D eigenvalue weighted by molar-refractivity contribution is -0.152. The first-order valence-corrected chi connectivity index (χ1v) is 11.0. The van der Waals surface area contributed by atoms with Gasteiger partial charge in [-0.15, -0.1) is 11.8 Å². The predicted octanol–water partition coefficient (Wildman–Crippen LogP) is 1.89. The van der Waals surface area contributed by atoms with Gasteiger partial charge in [0.25, 0.3) is 11.8 Å². The first kappa shape index (κ1) is 20.3. The summed E-state index contributed by atoms with van der Waals surface area (Å²) in [6.45, 7) is 0.0379. The monoisotopic (exact) mass is 522 g/mol. The standard InChI is InChI=1S/C17H16ClIN2O5S/c18-11-9-27-16-13(15(23)21(16)14(11)17(24)25-7-6-19)20-12(22)8-26-10-4-2-1-3-5-10/h1-5,13,16H,6-9H2,(H,20,22)/t13?,16-/m1/s1. The van der Waals surface area contributed by atoms with Crippen molar-refractivity contribution in [2.24, 2.45) is 0 Å². The summed E-state index contributed by atoms with van der Waals surface area (Å²) in [7, 11) is 0. The summed E-state index contributed by atoms with van der Waals surface area (Å²) in [5.74, 6) is -0.479. The zero-order chi connectivity index (χ0) is 19.4. The fourth-order valence-corrected chi connectivity index (χ4v) is 4.42. The number of carbonyl (C=O) groups is 3. The number of β-lactam (4-membered cyclic amide) rings is 1. The molecule has 0 spiro atoms. The van der Waals surface area contributed by atoms with Crippen LogP contribution in [-0.2, 0) is 19.1 Å². The number of nitrogens with one attached hydrogen (secondary N) is 1. The van der Waals surface area contributed by atoms with Crippen LogP contribution < -0.4 is 10.1 Å². The molecule has 2 heterocycles. The number of nitrogens with zero attached hydrogens (tertiary/aromatic N) is 1. The van der Waals surface area contributed by atoms with Crippen molar-refractivity contribution in [3.63, 3.8) is 0 Å². The Hall–Kier alpha value is -1.46. The summed E-state index contributed by atoms with van der Waals surface area (Å²) in [6, 6.07) is 8.19. The summed E-state index contributed by atoms with van der Waals surface area (Å²) in [6.07, 6.45) is 0. The fourth-order valence-electron chi connectivity index (χ4n) is 2.65. The number of hydrogen-bond donors (Lipinski definition) is 1. The number of esters is 1. The van der Waals surface area contributed by atoms with Crippen LogP contribution in [0.25, 0.3) is 0 Å². The molecule has 1 saturated heterocycles. The Bertz CT molecular complexity index is 776. The summed E-state index contributed by atoms with van der Waals surface area (Å²) in [5.41, 5.74) is 0.0706. The molecule has 10 heteroatoms. The summed E-state index contributed by atoms with van der Waals surface area (Å²) >= 11 is 9.61. The highest BCUT2D eigenvalue weighted by atomic mass is 127. The SMILES string of the molecule is O=C(COc1ccccc1)NC1C(=O)N2C(C(=O)OCCI)=C(Cl)CS[C@H]12. The molecule has 1 aromatic rings. The molecular weight excluding hydrogens is 507 g/mol. The van der Waals surface area contributed by atoms with Crippen molar-refractivity contribution in [1.29, 1.82) is 0 Å². The van der Waals surface area contributed by atoms with Crippen LogP contribution in [0.1, 0.15) is 0 Å². The number of hydrogen-bond acceptors (Lipinski definition) is 6. The van der Waals surface area contributed by atoms with Gasteiger partial charge in [-0.2, -0.15) is 0 Å². The van der Waals surface area contributed by atoms with Crippen molar-refractivity contribution in [1.82, 2.24) is 10.2 Å². The van der Waals surface area contributed by atoms with Crippen LogP contribution in [0.2, 0.25) is 0 Å². The second-order valence-electron chi connectivity index (χ2n) is 5.64. The molecule has 2 aliphatic heterocycles. The average molecular weight is 523 g/mol.